The van der Waals surface area contributed by atoms with E-state index in [4.69, 9.17) is 5.11 Å². The number of aliphatic carboxylic acids is 1. The average Bonchev–Trinajstić information content (AvgIpc) is 2.15. The van der Waals surface area contributed by atoms with Gasteiger partial charge in [0.2, 0.25) is 0 Å². The van der Waals surface area contributed by atoms with E-state index < -0.39 is 12.4 Å². The zero-order chi connectivity index (χ0) is 10.6. The summed E-state index contributed by atoms with van der Waals surface area (Å²) in [5.41, 5.74) is 0.294. The number of hydrogen-bond donors (Lipinski definition) is 1. The normalized spacial score (nSPS) is 9.36. The van der Waals surface area contributed by atoms with Crippen LogP contribution in [0.25, 0.3) is 0 Å². The summed E-state index contributed by atoms with van der Waals surface area (Å²) < 4.78 is 24.2. The summed E-state index contributed by atoms with van der Waals surface area (Å²) in [5, 5.41) is 8.22. The van der Waals surface area contributed by atoms with Crippen molar-refractivity contribution in [3.05, 3.63) is 35.4 Å². The molecule has 0 radical (unpaired) electrons. The molecule has 0 spiro atoms. The van der Waals surface area contributed by atoms with Gasteiger partial charge in [-0.1, -0.05) is 18.1 Å². The lowest BCUT2D eigenvalue weighted by Gasteiger charge is -1.97. The lowest BCUT2D eigenvalue weighted by molar-refractivity contribution is -0.130. The minimum atomic E-state index is -2.52. The van der Waals surface area contributed by atoms with E-state index in [1.807, 2.05) is 5.92 Å². The third-order valence-electron chi connectivity index (χ3n) is 1.48. The van der Waals surface area contributed by atoms with Crippen LogP contribution in [0.1, 0.15) is 17.6 Å². The van der Waals surface area contributed by atoms with Gasteiger partial charge in [-0.3, -0.25) is 0 Å². The molecule has 4 heteroatoms. The molecule has 0 saturated heterocycles. The van der Waals surface area contributed by atoms with Gasteiger partial charge in [0, 0.05) is 17.0 Å². The molecule has 2 nitrogen and oxygen atoms in total. The van der Waals surface area contributed by atoms with E-state index in [0.717, 1.165) is 0 Å². The van der Waals surface area contributed by atoms with Crippen LogP contribution in [0.5, 0.6) is 0 Å². The van der Waals surface area contributed by atoms with Crippen LogP contribution < -0.4 is 0 Å². The van der Waals surface area contributed by atoms with E-state index in [0.29, 0.717) is 5.56 Å². The van der Waals surface area contributed by atoms with E-state index in [2.05, 4.69) is 5.92 Å². The number of halogens is 2. The van der Waals surface area contributed by atoms with Crippen LogP contribution in [0.15, 0.2) is 24.3 Å². The monoisotopic (exact) mass is 196 g/mol. The van der Waals surface area contributed by atoms with Crippen molar-refractivity contribution in [2.24, 2.45) is 0 Å². The predicted octanol–water partition coefficient (Wildman–Crippen LogP) is 2.06. The first kappa shape index (κ1) is 10.2. The van der Waals surface area contributed by atoms with Crippen molar-refractivity contribution in [3.63, 3.8) is 0 Å². The molecule has 0 aliphatic rings. The highest BCUT2D eigenvalue weighted by Gasteiger charge is 2.04. The minimum absolute atomic E-state index is 0.106. The standard InChI is InChI=1S/C10H6F2O2/c11-10(12)8-4-1-7(2-5-8)3-6-9(13)14/h1-2,4-5,10H,(H,13,14). The van der Waals surface area contributed by atoms with Crippen molar-refractivity contribution in [2.45, 2.75) is 6.43 Å². The quantitative estimate of drug-likeness (QED) is 0.698. The second kappa shape index (κ2) is 4.38. The van der Waals surface area contributed by atoms with Gasteiger partial charge < -0.3 is 5.11 Å². The second-order valence-corrected chi connectivity index (χ2v) is 2.48. The number of benzene rings is 1. The van der Waals surface area contributed by atoms with Crippen LogP contribution in [0.2, 0.25) is 0 Å². The first-order chi connectivity index (χ1) is 6.59. The fourth-order valence-corrected chi connectivity index (χ4v) is 0.838. The van der Waals surface area contributed by atoms with Crippen LogP contribution in [0.4, 0.5) is 8.78 Å². The number of hydrogen-bond acceptors (Lipinski definition) is 1. The molecule has 1 aromatic carbocycles. The summed E-state index contributed by atoms with van der Waals surface area (Å²) in [4.78, 5) is 10.1. The topological polar surface area (TPSA) is 37.3 Å². The summed E-state index contributed by atoms with van der Waals surface area (Å²) in [6.45, 7) is 0. The van der Waals surface area contributed by atoms with E-state index >= 15 is 0 Å². The molecule has 0 heterocycles. The van der Waals surface area contributed by atoms with Crippen LogP contribution in [0, 0.1) is 11.8 Å². The fraction of sp³-hybridized carbons (Fsp3) is 0.100. The molecule has 0 aliphatic carbocycles. The van der Waals surface area contributed by atoms with Gasteiger partial charge in [0.05, 0.1) is 0 Å². The van der Waals surface area contributed by atoms with E-state index in [1.165, 1.54) is 24.3 Å². The van der Waals surface area contributed by atoms with Crippen LogP contribution >= 0.6 is 0 Å². The Morgan fingerprint density at radius 3 is 2.29 bits per heavy atom. The Balaban J connectivity index is 2.85. The molecule has 0 fully saturated rings. The van der Waals surface area contributed by atoms with Gasteiger partial charge >= 0.3 is 5.97 Å². The molecule has 1 aromatic rings. The van der Waals surface area contributed by atoms with Crippen molar-refractivity contribution in [3.8, 4) is 11.8 Å². The van der Waals surface area contributed by atoms with Crippen molar-refractivity contribution in [2.75, 3.05) is 0 Å². The predicted molar refractivity (Wildman–Crippen MR) is 45.9 cm³/mol. The van der Waals surface area contributed by atoms with Crippen LogP contribution in [-0.2, 0) is 4.79 Å². The minimum Gasteiger partial charge on any atom is -0.472 e. The SMILES string of the molecule is O=C(O)C#Cc1ccc(C(F)F)cc1. The van der Waals surface area contributed by atoms with Crippen molar-refractivity contribution in [1.82, 2.24) is 0 Å². The zero-order valence-corrected chi connectivity index (χ0v) is 7.00. The van der Waals surface area contributed by atoms with Crippen LogP contribution in [0.3, 0.4) is 0 Å². The average molecular weight is 196 g/mol. The van der Waals surface area contributed by atoms with Gasteiger partial charge in [-0.25, -0.2) is 13.6 Å². The molecular formula is C10H6F2O2. The molecule has 1 N–H and O–H groups in total. The lowest BCUT2D eigenvalue weighted by Crippen LogP contribution is -1.88. The number of alkyl halides is 2. The van der Waals surface area contributed by atoms with Gasteiger partial charge in [0.15, 0.2) is 0 Å². The molecule has 1 rings (SSSR count). The first-order valence-electron chi connectivity index (χ1n) is 3.72. The number of rotatable bonds is 1. The molecule has 0 amide bonds. The van der Waals surface area contributed by atoms with Gasteiger partial charge in [-0.15, -0.1) is 0 Å². The largest absolute Gasteiger partial charge is 0.472 e. The third kappa shape index (κ3) is 2.87. The zero-order valence-electron chi connectivity index (χ0n) is 7.00. The summed E-state index contributed by atoms with van der Waals surface area (Å²) in [5.74, 6) is 2.96. The first-order valence-corrected chi connectivity index (χ1v) is 3.72. The molecule has 14 heavy (non-hydrogen) atoms. The summed E-state index contributed by atoms with van der Waals surface area (Å²) in [6.07, 6.45) is -2.52. The Kier molecular flexibility index (Phi) is 3.19. The number of carbonyl (C=O) groups is 1. The Bertz CT molecular complexity index is 385. The summed E-state index contributed by atoms with van der Waals surface area (Å²) in [7, 11) is 0. The smallest absolute Gasteiger partial charge is 0.382 e. The summed E-state index contributed by atoms with van der Waals surface area (Å²) >= 11 is 0. The molecule has 0 aromatic heterocycles. The van der Waals surface area contributed by atoms with Crippen LogP contribution in [-0.4, -0.2) is 11.1 Å². The van der Waals surface area contributed by atoms with Gasteiger partial charge in [-0.2, -0.15) is 0 Å². The lowest BCUT2D eigenvalue weighted by atomic mass is 10.1. The highest BCUT2D eigenvalue weighted by atomic mass is 19.3. The molecule has 0 unspecified atom stereocenters. The highest BCUT2D eigenvalue weighted by Crippen LogP contribution is 2.18. The van der Waals surface area contributed by atoms with E-state index in [9.17, 15) is 13.6 Å². The number of carboxylic acids is 1. The number of carboxylic acid groups (broad SMARTS) is 1. The van der Waals surface area contributed by atoms with E-state index in [1.54, 1.807) is 0 Å². The molecule has 0 saturated carbocycles. The van der Waals surface area contributed by atoms with Crippen molar-refractivity contribution >= 4 is 5.97 Å². The maximum atomic E-state index is 12.1. The maximum Gasteiger partial charge on any atom is 0.382 e. The Labute approximate surface area is 79.2 Å². The molecule has 0 atom stereocenters. The Morgan fingerprint density at radius 1 is 1.29 bits per heavy atom. The highest BCUT2D eigenvalue weighted by molar-refractivity contribution is 5.87. The molecule has 72 valence electrons. The van der Waals surface area contributed by atoms with Gasteiger partial charge in [-0.05, 0) is 12.1 Å². The third-order valence-corrected chi connectivity index (χ3v) is 1.48. The molecular weight excluding hydrogens is 190 g/mol. The molecule has 0 bridgehead atoms. The van der Waals surface area contributed by atoms with Gasteiger partial charge in [0.25, 0.3) is 6.43 Å². The Morgan fingerprint density at radius 2 is 1.86 bits per heavy atom. The Hall–Kier alpha value is -1.89. The van der Waals surface area contributed by atoms with Gasteiger partial charge in [0.1, 0.15) is 0 Å². The fourth-order valence-electron chi connectivity index (χ4n) is 0.838. The van der Waals surface area contributed by atoms with Crippen molar-refractivity contribution < 1.29 is 18.7 Å². The van der Waals surface area contributed by atoms with Crippen molar-refractivity contribution in [1.29, 1.82) is 0 Å². The summed E-state index contributed by atoms with van der Waals surface area (Å²) in [6, 6.07) is 5.15. The van der Waals surface area contributed by atoms with E-state index in [-0.39, 0.29) is 5.56 Å². The molecule has 0 aliphatic heterocycles. The second-order valence-electron chi connectivity index (χ2n) is 2.48. The maximum absolute atomic E-state index is 12.1.